The lowest BCUT2D eigenvalue weighted by Crippen LogP contribution is -2.61. The number of ether oxygens (including phenoxy) is 9. The Hall–Kier alpha value is -1.29. The van der Waals surface area contributed by atoms with Crippen LogP contribution >= 0.6 is 0 Å². The predicted molar refractivity (Wildman–Crippen MR) is 186 cm³/mol. The molecule has 3 N–H and O–H groups in total. The number of carbonyl (C=O) groups excluding carboxylic acids is 1. The van der Waals surface area contributed by atoms with E-state index >= 15 is 0 Å². The topological polar surface area (TPSA) is 146 Å². The molecule has 10 saturated heterocycles. The molecule has 0 aliphatic carbocycles. The lowest BCUT2D eigenvalue weighted by molar-refractivity contribution is -0.292. The first-order valence-corrected chi connectivity index (χ1v) is 20.2. The molecule has 10 fully saturated rings. The van der Waals surface area contributed by atoms with E-state index < -0.39 is 18.0 Å². The number of carbonyl (C=O) groups is 1. The van der Waals surface area contributed by atoms with Gasteiger partial charge in [-0.05, 0) is 62.0 Å². The first-order valence-electron chi connectivity index (χ1n) is 20.2. The Balaban J connectivity index is 0.994. The number of nitrogens with two attached hydrogens (primary N) is 1. The molecule has 0 saturated carbocycles. The van der Waals surface area contributed by atoms with Crippen molar-refractivity contribution in [3.8, 4) is 0 Å². The summed E-state index contributed by atoms with van der Waals surface area (Å²) in [5.74, 6) is -0.619. The summed E-state index contributed by atoms with van der Waals surface area (Å²) >= 11 is 0. The van der Waals surface area contributed by atoms with Crippen LogP contribution in [-0.4, -0.2) is 128 Å². The summed E-state index contributed by atoms with van der Waals surface area (Å²) in [6, 6.07) is 0. The molecule has 10 aliphatic heterocycles. The summed E-state index contributed by atoms with van der Waals surface area (Å²) in [5, 5.41) is 10.5. The van der Waals surface area contributed by atoms with Crippen molar-refractivity contribution in [2.75, 3.05) is 13.7 Å². The summed E-state index contributed by atoms with van der Waals surface area (Å²) in [4.78, 5) is 14.1. The van der Waals surface area contributed by atoms with Crippen molar-refractivity contribution >= 4 is 5.78 Å². The standard InChI is InChI=1S/C40H59NO11/c1-19-11-24-5-7-28-20(2)12-26(45-28)9-10-40-17-33-36(51-40)37-38(50-33)39(52-40)35-29(49-37)8-6-25(47-35)13-22(42)14-27-31(16-30(46-24)21(19)3)48-32(34(27)44-4)15-23(43)18-41/h19,23-39,43H,2-3,5-18,41H2,1,4H3/t19?,23-,24-,25?,26-,27-,28?,29-,30?,31-,32+,33?,34+,35-,36?,37-,38+,39-,40-/m0/s1. The molecule has 0 aromatic carbocycles. The second-order valence-corrected chi connectivity index (χ2v) is 17.4. The van der Waals surface area contributed by atoms with Crippen molar-refractivity contribution in [2.45, 2.75) is 194 Å². The predicted octanol–water partition coefficient (Wildman–Crippen LogP) is 3.44. The molecule has 19 atom stereocenters. The molecule has 0 radical (unpaired) electrons. The van der Waals surface area contributed by atoms with E-state index in [-0.39, 0.29) is 122 Å². The van der Waals surface area contributed by atoms with Gasteiger partial charge in [-0.25, -0.2) is 0 Å². The van der Waals surface area contributed by atoms with Crippen LogP contribution in [-0.2, 0) is 47.4 Å². The van der Waals surface area contributed by atoms with Gasteiger partial charge in [0.05, 0.1) is 67.1 Å². The van der Waals surface area contributed by atoms with Gasteiger partial charge in [0.25, 0.3) is 0 Å². The second kappa shape index (κ2) is 14.3. The zero-order chi connectivity index (χ0) is 35.9. The quantitative estimate of drug-likeness (QED) is 0.409. The van der Waals surface area contributed by atoms with Gasteiger partial charge in [0.2, 0.25) is 0 Å². The number of aliphatic hydroxyl groups is 1. The number of hydrogen-bond acceptors (Lipinski definition) is 12. The third kappa shape index (κ3) is 6.59. The average Bonchev–Trinajstić information content (AvgIpc) is 3.79. The van der Waals surface area contributed by atoms with Crippen molar-refractivity contribution < 1.29 is 52.5 Å². The minimum Gasteiger partial charge on any atom is -0.392 e. The SMILES string of the molecule is C=C1C[C@@H]2CC[C@@]34CC5O[C@H]6[C@@H](O3)[C@H]3OC(CC[C@@H]3O[C@H]6C5O4)CC(=O)C[C@@H]3[C@@H](OC)[C@@H](C[C@H](O)CN)O[C@H]3CC3O[C@@H](CCC1O2)CC(C)C3=C. The van der Waals surface area contributed by atoms with Gasteiger partial charge in [-0.2, -0.15) is 0 Å². The molecule has 6 unspecified atom stereocenters. The summed E-state index contributed by atoms with van der Waals surface area (Å²) in [6.07, 6.45) is 4.85. The molecular formula is C40H59NO11. The van der Waals surface area contributed by atoms with Crippen molar-refractivity contribution in [2.24, 2.45) is 17.6 Å². The molecule has 290 valence electrons. The molecule has 12 bridgehead atoms. The normalized spacial score (nSPS) is 52.4. The zero-order valence-corrected chi connectivity index (χ0v) is 30.8. The molecule has 52 heavy (non-hydrogen) atoms. The number of methoxy groups -OCH3 is 1. The van der Waals surface area contributed by atoms with Gasteiger partial charge in [-0.1, -0.05) is 20.1 Å². The van der Waals surface area contributed by atoms with Crippen LogP contribution in [0.5, 0.6) is 0 Å². The maximum Gasteiger partial charge on any atom is 0.172 e. The molecule has 0 aromatic rings. The van der Waals surface area contributed by atoms with E-state index in [0.29, 0.717) is 25.7 Å². The van der Waals surface area contributed by atoms with Crippen molar-refractivity contribution in [1.82, 2.24) is 0 Å². The Bertz CT molecular complexity index is 1380. The number of Topliss-reactive ketones (excluding diaryl/α,β-unsaturated/α-hetero) is 1. The Labute approximate surface area is 307 Å². The van der Waals surface area contributed by atoms with Crippen LogP contribution in [0.2, 0.25) is 0 Å². The highest BCUT2D eigenvalue weighted by Crippen LogP contribution is 2.54. The van der Waals surface area contributed by atoms with Crippen molar-refractivity contribution in [1.29, 1.82) is 0 Å². The van der Waals surface area contributed by atoms with Gasteiger partial charge in [0.15, 0.2) is 5.79 Å². The van der Waals surface area contributed by atoms with Crippen molar-refractivity contribution in [3.63, 3.8) is 0 Å². The molecule has 10 rings (SSSR count). The van der Waals surface area contributed by atoms with Crippen LogP contribution in [0.25, 0.3) is 0 Å². The molecule has 0 aromatic heterocycles. The fourth-order valence-corrected chi connectivity index (χ4v) is 11.3. The summed E-state index contributed by atoms with van der Waals surface area (Å²) < 4.78 is 60.0. The number of rotatable bonds is 4. The third-order valence-electron chi connectivity index (χ3n) is 14.0. The maximum atomic E-state index is 14.1. The largest absolute Gasteiger partial charge is 0.392 e. The zero-order valence-electron chi connectivity index (χ0n) is 30.8. The number of hydrogen-bond donors (Lipinski definition) is 2. The van der Waals surface area contributed by atoms with Crippen LogP contribution < -0.4 is 5.73 Å². The van der Waals surface area contributed by atoms with E-state index in [1.165, 1.54) is 0 Å². The Morgan fingerprint density at radius 2 is 1.56 bits per heavy atom. The molecule has 0 amide bonds. The smallest absolute Gasteiger partial charge is 0.172 e. The molecule has 12 nitrogen and oxygen atoms in total. The number of ketones is 1. The number of fused-ring (bicyclic) bond motifs is 6. The van der Waals surface area contributed by atoms with Gasteiger partial charge >= 0.3 is 0 Å². The lowest BCUT2D eigenvalue weighted by Gasteiger charge is -2.47. The van der Waals surface area contributed by atoms with E-state index in [1.54, 1.807) is 7.11 Å². The molecule has 10 aliphatic rings. The van der Waals surface area contributed by atoms with Crippen LogP contribution in [0.3, 0.4) is 0 Å². The molecule has 12 heteroatoms. The van der Waals surface area contributed by atoms with Crippen LogP contribution in [0.1, 0.15) is 90.4 Å². The van der Waals surface area contributed by atoms with Crippen molar-refractivity contribution in [3.05, 3.63) is 24.3 Å². The van der Waals surface area contributed by atoms with Gasteiger partial charge < -0.3 is 53.5 Å². The van der Waals surface area contributed by atoms with Crippen LogP contribution in [0.15, 0.2) is 24.3 Å². The second-order valence-electron chi connectivity index (χ2n) is 17.4. The lowest BCUT2D eigenvalue weighted by atomic mass is 9.81. The van der Waals surface area contributed by atoms with E-state index in [0.717, 1.165) is 56.1 Å². The van der Waals surface area contributed by atoms with Gasteiger partial charge in [0.1, 0.15) is 36.3 Å². The Morgan fingerprint density at radius 3 is 2.38 bits per heavy atom. The first-order chi connectivity index (χ1) is 25.1. The van der Waals surface area contributed by atoms with Gasteiger partial charge in [0, 0.05) is 58.1 Å². The highest BCUT2D eigenvalue weighted by molar-refractivity contribution is 5.79. The Morgan fingerprint density at radius 1 is 0.808 bits per heavy atom. The van der Waals surface area contributed by atoms with E-state index in [2.05, 4.69) is 20.1 Å². The van der Waals surface area contributed by atoms with Gasteiger partial charge in [-0.15, -0.1) is 0 Å². The van der Waals surface area contributed by atoms with E-state index in [1.807, 2.05) is 0 Å². The fraction of sp³-hybridized carbons (Fsp3) is 0.875. The number of aliphatic hydroxyl groups excluding tert-OH is 1. The molecular weight excluding hydrogens is 670 g/mol. The maximum absolute atomic E-state index is 14.1. The average molecular weight is 730 g/mol. The van der Waals surface area contributed by atoms with E-state index in [4.69, 9.17) is 48.4 Å². The summed E-state index contributed by atoms with van der Waals surface area (Å²) in [7, 11) is 1.66. The minimum atomic E-state index is -0.780. The molecule has 1 spiro atoms. The van der Waals surface area contributed by atoms with E-state index in [9.17, 15) is 9.90 Å². The fourth-order valence-electron chi connectivity index (χ4n) is 11.3. The summed E-state index contributed by atoms with van der Waals surface area (Å²) in [6.45, 7) is 11.3. The van der Waals surface area contributed by atoms with Gasteiger partial charge in [-0.3, -0.25) is 4.79 Å². The third-order valence-corrected chi connectivity index (χ3v) is 14.0. The Kier molecular flexibility index (Phi) is 10.0. The highest BCUT2D eigenvalue weighted by Gasteiger charge is 2.68. The summed E-state index contributed by atoms with van der Waals surface area (Å²) in [5.41, 5.74) is 8.01. The first kappa shape index (κ1) is 36.4. The van der Waals surface area contributed by atoms with Crippen LogP contribution in [0, 0.1) is 11.8 Å². The monoisotopic (exact) mass is 729 g/mol. The minimum absolute atomic E-state index is 0.0158. The van der Waals surface area contributed by atoms with Crippen LogP contribution in [0.4, 0.5) is 0 Å². The highest BCUT2D eigenvalue weighted by atomic mass is 16.8. The molecule has 10 heterocycles.